The van der Waals surface area contributed by atoms with Gasteiger partial charge in [-0.3, -0.25) is 14.4 Å². The minimum absolute atomic E-state index is 0.00426. The van der Waals surface area contributed by atoms with Gasteiger partial charge in [0.1, 0.15) is 5.15 Å². The van der Waals surface area contributed by atoms with Crippen molar-refractivity contribution in [1.82, 2.24) is 39.4 Å². The molecular weight excluding hydrogens is 674 g/mol. The number of carbonyl (C=O) groups is 3. The molecule has 17 heteroatoms. The van der Waals surface area contributed by atoms with Crippen LogP contribution in [0.15, 0.2) is 48.9 Å². The largest absolute Gasteiger partial charge is 0.435 e. The van der Waals surface area contributed by atoms with Crippen LogP contribution in [-0.4, -0.2) is 91.1 Å². The number of alkyl halides is 3. The highest BCUT2D eigenvalue weighted by Crippen LogP contribution is 2.37. The number of benzene rings is 1. The summed E-state index contributed by atoms with van der Waals surface area (Å²) >= 11 is 12.4. The fourth-order valence-corrected chi connectivity index (χ4v) is 6.32. The van der Waals surface area contributed by atoms with Crippen molar-refractivity contribution in [3.8, 4) is 16.9 Å². The van der Waals surface area contributed by atoms with E-state index < -0.39 is 17.8 Å². The quantitative estimate of drug-likeness (QED) is 0.282. The Kier molecular flexibility index (Phi) is 9.45. The maximum Gasteiger partial charge on any atom is 0.435 e. The van der Waals surface area contributed by atoms with Crippen molar-refractivity contribution in [2.75, 3.05) is 44.6 Å². The van der Waals surface area contributed by atoms with Crippen molar-refractivity contribution >= 4 is 46.6 Å². The topological polar surface area (TPSA) is 130 Å². The number of aromatic nitrogens is 5. The van der Waals surface area contributed by atoms with E-state index in [9.17, 15) is 27.6 Å². The summed E-state index contributed by atoms with van der Waals surface area (Å²) in [6.07, 6.45) is 0.484. The predicted molar refractivity (Wildman–Crippen MR) is 171 cm³/mol. The Morgan fingerprint density at radius 1 is 0.979 bits per heavy atom. The van der Waals surface area contributed by atoms with Gasteiger partial charge in [-0.25, -0.2) is 14.6 Å². The Hall–Kier alpha value is -4.47. The average molecular weight is 705 g/mol. The number of halogens is 5. The van der Waals surface area contributed by atoms with Crippen LogP contribution in [-0.2, 0) is 18.0 Å². The number of anilines is 1. The van der Waals surface area contributed by atoms with Crippen LogP contribution in [0.2, 0.25) is 10.2 Å². The molecule has 2 N–H and O–H groups in total. The molecule has 0 bridgehead atoms. The van der Waals surface area contributed by atoms with E-state index in [1.807, 2.05) is 4.90 Å². The Morgan fingerprint density at radius 3 is 2.35 bits per heavy atom. The van der Waals surface area contributed by atoms with Gasteiger partial charge < -0.3 is 25.0 Å². The first kappa shape index (κ1) is 33.4. The number of hydrogen-bond acceptors (Lipinski definition) is 7. The Balaban J connectivity index is 1.13. The summed E-state index contributed by atoms with van der Waals surface area (Å²) in [7, 11) is 1.41. The fourth-order valence-electron chi connectivity index (χ4n) is 5.89. The lowest BCUT2D eigenvalue weighted by Crippen LogP contribution is -2.52. The molecule has 12 nitrogen and oxygen atoms in total. The van der Waals surface area contributed by atoms with Gasteiger partial charge in [0.2, 0.25) is 5.91 Å². The molecule has 5 heterocycles. The number of hydrogen-bond donors (Lipinski definition) is 2. The summed E-state index contributed by atoms with van der Waals surface area (Å²) in [4.78, 5) is 50.7. The van der Waals surface area contributed by atoms with Crippen molar-refractivity contribution in [2.24, 2.45) is 13.0 Å². The van der Waals surface area contributed by atoms with Crippen molar-refractivity contribution in [3.05, 3.63) is 76.2 Å². The monoisotopic (exact) mass is 703 g/mol. The van der Waals surface area contributed by atoms with Gasteiger partial charge in [-0.15, -0.1) is 0 Å². The molecule has 2 saturated heterocycles. The Bertz CT molecular complexity index is 1860. The van der Waals surface area contributed by atoms with Gasteiger partial charge in [-0.2, -0.15) is 18.3 Å². The number of rotatable bonds is 6. The zero-order valence-electron chi connectivity index (χ0n) is 25.6. The highest BCUT2D eigenvalue weighted by Gasteiger charge is 2.39. The van der Waals surface area contributed by atoms with Gasteiger partial charge >= 0.3 is 6.18 Å². The molecule has 4 aromatic rings. The van der Waals surface area contributed by atoms with Crippen LogP contribution < -0.4 is 10.6 Å². The number of nitrogens with zero attached hydrogens (tertiary/aromatic N) is 7. The van der Waals surface area contributed by atoms with Crippen molar-refractivity contribution < 1.29 is 27.6 Å². The van der Waals surface area contributed by atoms with Crippen LogP contribution in [0, 0.1) is 5.92 Å². The van der Waals surface area contributed by atoms with E-state index in [4.69, 9.17) is 23.2 Å². The average Bonchev–Trinajstić information content (AvgIpc) is 3.69. The van der Waals surface area contributed by atoms with Gasteiger partial charge in [0.05, 0.1) is 33.7 Å². The molecule has 1 aromatic carbocycles. The molecule has 2 aliphatic heterocycles. The van der Waals surface area contributed by atoms with Crippen LogP contribution >= 0.6 is 23.2 Å². The highest BCUT2D eigenvalue weighted by atomic mass is 35.5. The molecule has 0 saturated carbocycles. The lowest BCUT2D eigenvalue weighted by atomic mass is 9.96. The summed E-state index contributed by atoms with van der Waals surface area (Å²) in [6.45, 7) is 3.27. The second kappa shape index (κ2) is 13.6. The SMILES string of the molecule is Cn1c(-c2cn(-c3ccnc(Cl)c3)nc2C(F)(F)F)cnc1C(=O)Nc1ccc(C(=O)N2CCN(C(=O)C3CCNCC3)CC2)c(Cl)c1. The van der Waals surface area contributed by atoms with Gasteiger partial charge in [0, 0.05) is 63.3 Å². The summed E-state index contributed by atoms with van der Waals surface area (Å²) in [5.74, 6) is -1.04. The Labute approximate surface area is 282 Å². The van der Waals surface area contributed by atoms with Gasteiger partial charge in [-0.05, 0) is 50.2 Å². The molecule has 48 heavy (non-hydrogen) atoms. The van der Waals surface area contributed by atoms with E-state index in [0.29, 0.717) is 26.2 Å². The van der Waals surface area contributed by atoms with Crippen molar-refractivity contribution in [3.63, 3.8) is 0 Å². The summed E-state index contributed by atoms with van der Waals surface area (Å²) < 4.78 is 44.3. The summed E-state index contributed by atoms with van der Waals surface area (Å²) in [6, 6.07) is 7.23. The third kappa shape index (κ3) is 6.89. The maximum absolute atomic E-state index is 14.0. The van der Waals surface area contributed by atoms with Gasteiger partial charge in [-0.1, -0.05) is 23.2 Å². The normalized spacial score (nSPS) is 15.9. The molecule has 6 rings (SSSR count). The van der Waals surface area contributed by atoms with Gasteiger partial charge in [0.15, 0.2) is 11.5 Å². The standard InChI is InChI=1S/C31H30Cl2F3N9O3/c1-42-24(22-17-45(41-26(22)31(34,35)36)20-6-9-38-25(33)15-20)16-39-27(42)28(46)40-19-2-3-21(23(32)14-19)30(48)44-12-10-43(11-13-44)29(47)18-4-7-37-8-5-18/h2-3,6,9,14-18,37H,4-5,7-8,10-13H2,1H3,(H,40,46). The van der Waals surface area contributed by atoms with Crippen molar-refractivity contribution in [2.45, 2.75) is 19.0 Å². The molecular formula is C31H30Cl2F3N9O3. The van der Waals surface area contributed by atoms with Crippen LogP contribution in [0.3, 0.4) is 0 Å². The lowest BCUT2D eigenvalue weighted by molar-refractivity contribution is -0.141. The molecule has 3 aromatic heterocycles. The number of nitrogens with one attached hydrogen (secondary N) is 2. The zero-order chi connectivity index (χ0) is 34.2. The van der Waals surface area contributed by atoms with Crippen LogP contribution in [0.25, 0.3) is 16.9 Å². The zero-order valence-corrected chi connectivity index (χ0v) is 27.1. The number of amides is 3. The van der Waals surface area contributed by atoms with E-state index in [2.05, 4.69) is 25.7 Å². The molecule has 252 valence electrons. The molecule has 3 amide bonds. The first-order chi connectivity index (χ1) is 22.9. The van der Waals surface area contributed by atoms with Crippen molar-refractivity contribution in [1.29, 1.82) is 0 Å². The third-order valence-electron chi connectivity index (χ3n) is 8.45. The first-order valence-corrected chi connectivity index (χ1v) is 15.9. The summed E-state index contributed by atoms with van der Waals surface area (Å²) in [5.41, 5.74) is -0.730. The van der Waals surface area contributed by atoms with Crippen LogP contribution in [0.1, 0.15) is 39.5 Å². The van der Waals surface area contributed by atoms with E-state index in [0.717, 1.165) is 36.8 Å². The smallest absolute Gasteiger partial charge is 0.339 e. The van der Waals surface area contributed by atoms with E-state index in [1.165, 1.54) is 54.3 Å². The second-order valence-electron chi connectivity index (χ2n) is 11.5. The first-order valence-electron chi connectivity index (χ1n) is 15.1. The number of pyridine rings is 1. The molecule has 2 fully saturated rings. The molecule has 0 spiro atoms. The van der Waals surface area contributed by atoms with Crippen LogP contribution in [0.4, 0.5) is 18.9 Å². The molecule has 2 aliphatic rings. The number of imidazole rings is 1. The molecule has 0 unspecified atom stereocenters. The number of carbonyl (C=O) groups excluding carboxylic acids is 3. The van der Waals surface area contributed by atoms with E-state index in [1.54, 1.807) is 4.90 Å². The van der Waals surface area contributed by atoms with E-state index in [-0.39, 0.29) is 61.9 Å². The molecule has 0 aliphatic carbocycles. The Morgan fingerprint density at radius 2 is 1.69 bits per heavy atom. The lowest BCUT2D eigenvalue weighted by Gasteiger charge is -2.37. The van der Waals surface area contributed by atoms with Crippen LogP contribution in [0.5, 0.6) is 0 Å². The van der Waals surface area contributed by atoms with E-state index >= 15 is 0 Å². The third-order valence-corrected chi connectivity index (χ3v) is 8.97. The summed E-state index contributed by atoms with van der Waals surface area (Å²) in [5, 5.41) is 9.80. The number of piperidine rings is 1. The maximum atomic E-state index is 14.0. The second-order valence-corrected chi connectivity index (χ2v) is 12.3. The number of piperazine rings is 1. The fraction of sp³-hybridized carbons (Fsp3) is 0.355. The molecule has 0 atom stereocenters. The predicted octanol–water partition coefficient (Wildman–Crippen LogP) is 4.53. The van der Waals surface area contributed by atoms with Gasteiger partial charge in [0.25, 0.3) is 11.8 Å². The highest BCUT2D eigenvalue weighted by molar-refractivity contribution is 6.34. The molecule has 0 radical (unpaired) electrons. The minimum Gasteiger partial charge on any atom is -0.339 e. The minimum atomic E-state index is -4.81.